The van der Waals surface area contributed by atoms with Crippen molar-refractivity contribution >= 4 is 6.09 Å². The number of aliphatic hydroxyl groups is 1. The maximum atomic E-state index is 12.0. The molecular formula is C15H23N3O3. The highest BCUT2D eigenvalue weighted by Gasteiger charge is 2.35. The van der Waals surface area contributed by atoms with E-state index in [-0.39, 0.29) is 12.1 Å². The van der Waals surface area contributed by atoms with Gasteiger partial charge >= 0.3 is 6.09 Å². The molecule has 116 valence electrons. The molecule has 21 heavy (non-hydrogen) atoms. The summed E-state index contributed by atoms with van der Waals surface area (Å²) in [7, 11) is 0. The smallest absolute Gasteiger partial charge is 0.410 e. The van der Waals surface area contributed by atoms with E-state index < -0.39 is 11.7 Å². The highest BCUT2D eigenvalue weighted by atomic mass is 16.6. The molecule has 2 heterocycles. The van der Waals surface area contributed by atoms with Gasteiger partial charge in [-0.3, -0.25) is 4.98 Å². The Bertz CT molecular complexity index is 473. The summed E-state index contributed by atoms with van der Waals surface area (Å²) in [6.45, 7) is 6.86. The Hall–Kier alpha value is -1.66. The van der Waals surface area contributed by atoms with Crippen LogP contribution in [0.4, 0.5) is 4.79 Å². The van der Waals surface area contributed by atoms with Gasteiger partial charge in [0.15, 0.2) is 0 Å². The Morgan fingerprint density at radius 2 is 2.10 bits per heavy atom. The average molecular weight is 293 g/mol. The van der Waals surface area contributed by atoms with Gasteiger partial charge in [-0.05, 0) is 38.5 Å². The van der Waals surface area contributed by atoms with Gasteiger partial charge in [0.25, 0.3) is 0 Å². The van der Waals surface area contributed by atoms with E-state index in [0.717, 1.165) is 5.56 Å². The molecule has 6 nitrogen and oxygen atoms in total. The van der Waals surface area contributed by atoms with Crippen LogP contribution in [-0.4, -0.2) is 51.9 Å². The second kappa shape index (κ2) is 6.41. The summed E-state index contributed by atoms with van der Waals surface area (Å²) < 4.78 is 5.32. The Morgan fingerprint density at radius 3 is 2.71 bits per heavy atom. The van der Waals surface area contributed by atoms with Gasteiger partial charge < -0.3 is 20.1 Å². The van der Waals surface area contributed by atoms with E-state index in [0.29, 0.717) is 19.6 Å². The van der Waals surface area contributed by atoms with Crippen molar-refractivity contribution in [3.63, 3.8) is 0 Å². The largest absolute Gasteiger partial charge is 0.444 e. The minimum absolute atomic E-state index is 0.148. The van der Waals surface area contributed by atoms with Crippen molar-refractivity contribution < 1.29 is 14.6 Å². The topological polar surface area (TPSA) is 74.7 Å². The summed E-state index contributed by atoms with van der Waals surface area (Å²) in [5.74, 6) is 0. The first-order valence-corrected chi connectivity index (χ1v) is 7.13. The van der Waals surface area contributed by atoms with Crippen LogP contribution in [0.15, 0.2) is 24.5 Å². The molecule has 0 aromatic carbocycles. The molecule has 1 fully saturated rings. The molecule has 2 N–H and O–H groups in total. The number of aromatic nitrogens is 1. The number of rotatable bonds is 3. The summed E-state index contributed by atoms with van der Waals surface area (Å²) in [6, 6.07) is 3.69. The fourth-order valence-corrected chi connectivity index (χ4v) is 2.21. The zero-order valence-electron chi connectivity index (χ0n) is 12.7. The van der Waals surface area contributed by atoms with Crippen molar-refractivity contribution in [3.8, 4) is 0 Å². The fraction of sp³-hybridized carbons (Fsp3) is 0.600. The Kier molecular flexibility index (Phi) is 4.80. The zero-order chi connectivity index (χ0) is 15.5. The Labute approximate surface area is 125 Å². The summed E-state index contributed by atoms with van der Waals surface area (Å²) >= 11 is 0. The summed E-state index contributed by atoms with van der Waals surface area (Å²) in [6.07, 6.45) is 2.50. The standard InChI is InChI=1S/C15H23N3O3/c1-15(2,3)21-14(20)18-9-12(13(19)10-18)17-8-11-4-6-16-7-5-11/h4-7,12-13,17,19H,8-10H2,1-3H3/t12-,13-/m1/s1. The van der Waals surface area contributed by atoms with Crippen LogP contribution in [0, 0.1) is 0 Å². The summed E-state index contributed by atoms with van der Waals surface area (Å²) in [4.78, 5) is 17.5. The summed E-state index contributed by atoms with van der Waals surface area (Å²) in [5, 5.41) is 13.3. The third-order valence-electron chi connectivity index (χ3n) is 3.26. The number of aliphatic hydroxyl groups excluding tert-OH is 1. The molecule has 0 aliphatic carbocycles. The van der Waals surface area contributed by atoms with E-state index in [1.807, 2.05) is 32.9 Å². The van der Waals surface area contributed by atoms with Crippen LogP contribution in [0.2, 0.25) is 0 Å². The van der Waals surface area contributed by atoms with Crippen LogP contribution in [0.3, 0.4) is 0 Å². The van der Waals surface area contributed by atoms with Crippen molar-refractivity contribution in [3.05, 3.63) is 30.1 Å². The van der Waals surface area contributed by atoms with E-state index >= 15 is 0 Å². The SMILES string of the molecule is CC(C)(C)OC(=O)N1C[C@@H](O)[C@H](NCc2ccncc2)C1. The molecule has 2 rings (SSSR count). The lowest BCUT2D eigenvalue weighted by Crippen LogP contribution is -2.39. The van der Waals surface area contributed by atoms with Gasteiger partial charge in [0, 0.05) is 25.5 Å². The minimum Gasteiger partial charge on any atom is -0.444 e. The maximum absolute atomic E-state index is 12.0. The van der Waals surface area contributed by atoms with Crippen LogP contribution in [0.25, 0.3) is 0 Å². The highest BCUT2D eigenvalue weighted by molar-refractivity contribution is 5.68. The number of pyridine rings is 1. The first-order chi connectivity index (χ1) is 9.85. The molecule has 1 saturated heterocycles. The number of β-amino-alcohol motifs (C(OH)–C–C–N with tert-alkyl or cyclic N) is 1. The second-order valence-corrected chi connectivity index (χ2v) is 6.30. The number of ether oxygens (including phenoxy) is 1. The van der Waals surface area contributed by atoms with Crippen molar-refractivity contribution in [1.82, 2.24) is 15.2 Å². The molecule has 0 unspecified atom stereocenters. The van der Waals surface area contributed by atoms with Gasteiger partial charge in [0.1, 0.15) is 5.60 Å². The van der Waals surface area contributed by atoms with E-state index in [1.165, 1.54) is 0 Å². The number of carbonyl (C=O) groups excluding carboxylic acids is 1. The monoisotopic (exact) mass is 293 g/mol. The number of hydrogen-bond donors (Lipinski definition) is 2. The van der Waals surface area contributed by atoms with Crippen molar-refractivity contribution in [1.29, 1.82) is 0 Å². The molecule has 1 aromatic heterocycles. The third-order valence-corrected chi connectivity index (χ3v) is 3.26. The van der Waals surface area contributed by atoms with Gasteiger partial charge in [0.05, 0.1) is 18.7 Å². The number of nitrogens with one attached hydrogen (secondary N) is 1. The van der Waals surface area contributed by atoms with Crippen LogP contribution in [0.5, 0.6) is 0 Å². The number of amides is 1. The van der Waals surface area contributed by atoms with E-state index in [2.05, 4.69) is 10.3 Å². The average Bonchev–Trinajstić information content (AvgIpc) is 2.77. The van der Waals surface area contributed by atoms with E-state index in [1.54, 1.807) is 17.3 Å². The van der Waals surface area contributed by atoms with Crippen LogP contribution in [0.1, 0.15) is 26.3 Å². The van der Waals surface area contributed by atoms with E-state index in [9.17, 15) is 9.90 Å². The van der Waals surface area contributed by atoms with Crippen molar-refractivity contribution in [2.45, 2.75) is 45.1 Å². The predicted molar refractivity (Wildman–Crippen MR) is 78.7 cm³/mol. The van der Waals surface area contributed by atoms with Gasteiger partial charge in [0.2, 0.25) is 0 Å². The summed E-state index contributed by atoms with van der Waals surface area (Å²) in [5.41, 5.74) is 0.567. The lowest BCUT2D eigenvalue weighted by molar-refractivity contribution is 0.0270. The molecule has 1 aromatic rings. The van der Waals surface area contributed by atoms with Crippen LogP contribution >= 0.6 is 0 Å². The fourth-order valence-electron chi connectivity index (χ4n) is 2.21. The predicted octanol–water partition coefficient (Wildman–Crippen LogP) is 1.15. The van der Waals surface area contributed by atoms with Gasteiger partial charge in [-0.1, -0.05) is 0 Å². The zero-order valence-corrected chi connectivity index (χ0v) is 12.7. The first kappa shape index (κ1) is 15.7. The first-order valence-electron chi connectivity index (χ1n) is 7.13. The van der Waals surface area contributed by atoms with Gasteiger partial charge in [-0.25, -0.2) is 4.79 Å². The molecule has 0 spiro atoms. The normalized spacial score (nSPS) is 22.4. The molecular weight excluding hydrogens is 270 g/mol. The Balaban J connectivity index is 1.85. The Morgan fingerprint density at radius 1 is 1.43 bits per heavy atom. The van der Waals surface area contributed by atoms with Gasteiger partial charge in [-0.15, -0.1) is 0 Å². The molecule has 1 aliphatic heterocycles. The third kappa shape index (κ3) is 4.68. The van der Waals surface area contributed by atoms with Crippen molar-refractivity contribution in [2.24, 2.45) is 0 Å². The number of hydrogen-bond acceptors (Lipinski definition) is 5. The quantitative estimate of drug-likeness (QED) is 0.874. The molecule has 1 aliphatic rings. The van der Waals surface area contributed by atoms with Gasteiger partial charge in [-0.2, -0.15) is 0 Å². The lowest BCUT2D eigenvalue weighted by Gasteiger charge is -2.24. The second-order valence-electron chi connectivity index (χ2n) is 6.30. The minimum atomic E-state index is -0.584. The molecule has 0 bridgehead atoms. The van der Waals surface area contributed by atoms with Crippen LogP contribution in [-0.2, 0) is 11.3 Å². The number of carbonyl (C=O) groups is 1. The number of likely N-dealkylation sites (tertiary alicyclic amines) is 1. The molecule has 0 saturated carbocycles. The van der Waals surface area contributed by atoms with Crippen LogP contribution < -0.4 is 5.32 Å². The molecule has 2 atom stereocenters. The molecule has 6 heteroatoms. The molecule has 0 radical (unpaired) electrons. The lowest BCUT2D eigenvalue weighted by atomic mass is 10.2. The van der Waals surface area contributed by atoms with Crippen molar-refractivity contribution in [2.75, 3.05) is 13.1 Å². The number of nitrogens with zero attached hydrogens (tertiary/aromatic N) is 2. The molecule has 1 amide bonds. The maximum Gasteiger partial charge on any atom is 0.410 e. The highest BCUT2D eigenvalue weighted by Crippen LogP contribution is 2.16. The van der Waals surface area contributed by atoms with E-state index in [4.69, 9.17) is 4.74 Å².